The second-order valence-electron chi connectivity index (χ2n) is 3.91. The van der Waals surface area contributed by atoms with Crippen LogP contribution < -0.4 is 10.6 Å². The molecule has 3 nitrogen and oxygen atoms in total. The Morgan fingerprint density at radius 1 is 1.38 bits per heavy atom. The maximum atomic E-state index is 12.4. The number of carbonyl (C=O) groups is 1. The summed E-state index contributed by atoms with van der Waals surface area (Å²) >= 11 is 0. The minimum atomic E-state index is -4.16. The number of amides is 1. The van der Waals surface area contributed by atoms with Crippen LogP contribution in [0.15, 0.2) is 0 Å². The predicted molar refractivity (Wildman–Crippen MR) is 49.6 cm³/mol. The van der Waals surface area contributed by atoms with Crippen LogP contribution in [0.3, 0.4) is 0 Å². The van der Waals surface area contributed by atoms with Crippen molar-refractivity contribution < 1.29 is 22.4 Å². The maximum absolute atomic E-state index is 12.4. The van der Waals surface area contributed by atoms with Crippen molar-refractivity contribution >= 4 is 5.91 Å². The highest BCUT2D eigenvalue weighted by atomic mass is 19.3. The maximum Gasteiger partial charge on any atom is 0.324 e. The molecule has 0 heterocycles. The van der Waals surface area contributed by atoms with Crippen LogP contribution in [0.2, 0.25) is 0 Å². The zero-order valence-corrected chi connectivity index (χ0v) is 8.61. The van der Waals surface area contributed by atoms with Crippen LogP contribution in [-0.2, 0) is 4.79 Å². The molecule has 0 radical (unpaired) electrons. The first-order valence-electron chi connectivity index (χ1n) is 5.05. The van der Waals surface area contributed by atoms with Crippen LogP contribution in [-0.4, -0.2) is 37.9 Å². The molecule has 0 spiro atoms. The van der Waals surface area contributed by atoms with Gasteiger partial charge in [0.05, 0.1) is 13.1 Å². The van der Waals surface area contributed by atoms with Gasteiger partial charge >= 0.3 is 12.3 Å². The fourth-order valence-electron chi connectivity index (χ4n) is 1.07. The van der Waals surface area contributed by atoms with E-state index in [1.807, 2.05) is 0 Å². The van der Waals surface area contributed by atoms with Gasteiger partial charge in [0.25, 0.3) is 0 Å². The van der Waals surface area contributed by atoms with Crippen molar-refractivity contribution in [2.24, 2.45) is 5.92 Å². The minimum Gasteiger partial charge on any atom is -0.349 e. The molecule has 0 atom stereocenters. The van der Waals surface area contributed by atoms with Crippen LogP contribution in [0.5, 0.6) is 0 Å². The monoisotopic (exact) mass is 242 g/mol. The molecule has 1 aliphatic rings. The molecule has 0 aromatic rings. The van der Waals surface area contributed by atoms with Gasteiger partial charge in [-0.25, -0.2) is 8.78 Å². The van der Waals surface area contributed by atoms with Crippen molar-refractivity contribution in [1.82, 2.24) is 10.6 Å². The van der Waals surface area contributed by atoms with E-state index in [0.717, 1.165) is 12.8 Å². The van der Waals surface area contributed by atoms with E-state index in [-0.39, 0.29) is 6.54 Å². The molecule has 0 unspecified atom stereocenters. The number of alkyl halides is 4. The molecule has 1 fully saturated rings. The van der Waals surface area contributed by atoms with Gasteiger partial charge in [-0.15, -0.1) is 0 Å². The lowest BCUT2D eigenvalue weighted by Crippen LogP contribution is -2.44. The Morgan fingerprint density at radius 3 is 2.50 bits per heavy atom. The average Bonchev–Trinajstić information content (AvgIpc) is 2.98. The number of rotatable bonds is 7. The number of carbonyl (C=O) groups excluding carboxylic acids is 1. The highest BCUT2D eigenvalue weighted by Crippen LogP contribution is 2.27. The van der Waals surface area contributed by atoms with Gasteiger partial charge in [-0.3, -0.25) is 4.79 Å². The molecule has 7 heteroatoms. The largest absolute Gasteiger partial charge is 0.349 e. The Kier molecular flexibility index (Phi) is 4.52. The third kappa shape index (κ3) is 4.78. The first-order chi connectivity index (χ1) is 7.42. The van der Waals surface area contributed by atoms with Gasteiger partial charge in [-0.2, -0.15) is 8.78 Å². The Morgan fingerprint density at radius 2 is 2.00 bits per heavy atom. The summed E-state index contributed by atoms with van der Waals surface area (Å²) in [7, 11) is 0. The standard InChI is InChI=1S/C9H14F4N2O/c10-8(11)9(12,13)5-15-7(16)4-14-3-6-1-2-6/h6,8,14H,1-5H2,(H,15,16). The molecule has 1 amide bonds. The molecule has 2 N–H and O–H groups in total. The van der Waals surface area contributed by atoms with Gasteiger partial charge in [0.1, 0.15) is 0 Å². The summed E-state index contributed by atoms with van der Waals surface area (Å²) in [4.78, 5) is 11.0. The molecule has 0 bridgehead atoms. The fourth-order valence-corrected chi connectivity index (χ4v) is 1.07. The molecule has 1 rings (SSSR count). The van der Waals surface area contributed by atoms with Crippen molar-refractivity contribution in [3.63, 3.8) is 0 Å². The summed E-state index contributed by atoms with van der Waals surface area (Å²) in [6.07, 6.45) is -1.54. The Hall–Kier alpha value is -0.850. The Bertz CT molecular complexity index is 244. The van der Waals surface area contributed by atoms with Crippen LogP contribution in [0, 0.1) is 5.92 Å². The summed E-state index contributed by atoms with van der Waals surface area (Å²) < 4.78 is 48.2. The van der Waals surface area contributed by atoms with E-state index in [4.69, 9.17) is 0 Å². The molecule has 16 heavy (non-hydrogen) atoms. The predicted octanol–water partition coefficient (Wildman–Crippen LogP) is 1.00. The van der Waals surface area contributed by atoms with Crippen molar-refractivity contribution in [2.75, 3.05) is 19.6 Å². The lowest BCUT2D eigenvalue weighted by Gasteiger charge is -2.15. The van der Waals surface area contributed by atoms with E-state index in [1.54, 1.807) is 5.32 Å². The second kappa shape index (κ2) is 5.47. The van der Waals surface area contributed by atoms with Gasteiger partial charge in [-0.05, 0) is 25.3 Å². The van der Waals surface area contributed by atoms with Gasteiger partial charge in [0.15, 0.2) is 0 Å². The summed E-state index contributed by atoms with van der Waals surface area (Å²) in [6, 6.07) is 0. The molecule has 0 aliphatic heterocycles. The number of hydrogen-bond acceptors (Lipinski definition) is 2. The third-order valence-corrected chi connectivity index (χ3v) is 2.26. The van der Waals surface area contributed by atoms with Crippen molar-refractivity contribution in [2.45, 2.75) is 25.2 Å². The average molecular weight is 242 g/mol. The summed E-state index contributed by atoms with van der Waals surface area (Å²) in [5.41, 5.74) is 0. The molecular formula is C9H14F4N2O. The van der Waals surface area contributed by atoms with Crippen molar-refractivity contribution in [3.8, 4) is 0 Å². The van der Waals surface area contributed by atoms with E-state index in [1.165, 1.54) is 0 Å². The highest BCUT2D eigenvalue weighted by Gasteiger charge is 2.40. The molecule has 0 aromatic carbocycles. The first-order valence-corrected chi connectivity index (χ1v) is 5.05. The zero-order chi connectivity index (χ0) is 12.2. The Balaban J connectivity index is 2.08. The molecule has 0 aromatic heterocycles. The van der Waals surface area contributed by atoms with E-state index >= 15 is 0 Å². The molecular weight excluding hydrogens is 228 g/mol. The van der Waals surface area contributed by atoms with Gasteiger partial charge in [0, 0.05) is 0 Å². The van der Waals surface area contributed by atoms with Crippen LogP contribution in [0.4, 0.5) is 17.6 Å². The van der Waals surface area contributed by atoms with Crippen LogP contribution in [0.1, 0.15) is 12.8 Å². The van der Waals surface area contributed by atoms with Crippen LogP contribution in [0.25, 0.3) is 0 Å². The molecule has 1 saturated carbocycles. The van der Waals surface area contributed by atoms with Crippen LogP contribution >= 0.6 is 0 Å². The van der Waals surface area contributed by atoms with Gasteiger partial charge in [0.2, 0.25) is 5.91 Å². The third-order valence-electron chi connectivity index (χ3n) is 2.26. The summed E-state index contributed by atoms with van der Waals surface area (Å²) in [5, 5.41) is 4.54. The van der Waals surface area contributed by atoms with E-state index in [9.17, 15) is 22.4 Å². The van der Waals surface area contributed by atoms with E-state index in [0.29, 0.717) is 12.5 Å². The van der Waals surface area contributed by atoms with Crippen molar-refractivity contribution in [1.29, 1.82) is 0 Å². The lowest BCUT2D eigenvalue weighted by molar-refractivity contribution is -0.136. The normalized spacial score (nSPS) is 16.6. The smallest absolute Gasteiger partial charge is 0.324 e. The first kappa shape index (κ1) is 13.2. The van der Waals surface area contributed by atoms with Gasteiger partial charge < -0.3 is 10.6 Å². The second-order valence-corrected chi connectivity index (χ2v) is 3.91. The highest BCUT2D eigenvalue weighted by molar-refractivity contribution is 5.78. The van der Waals surface area contributed by atoms with Crippen molar-refractivity contribution in [3.05, 3.63) is 0 Å². The molecule has 0 saturated heterocycles. The Labute approximate surface area is 90.6 Å². The lowest BCUT2D eigenvalue weighted by atomic mass is 10.3. The molecule has 1 aliphatic carbocycles. The SMILES string of the molecule is O=C(CNCC1CC1)NCC(F)(F)C(F)F. The number of halogens is 4. The molecule has 94 valence electrons. The van der Waals surface area contributed by atoms with E-state index in [2.05, 4.69) is 5.32 Å². The topological polar surface area (TPSA) is 41.1 Å². The zero-order valence-electron chi connectivity index (χ0n) is 8.61. The number of hydrogen-bond donors (Lipinski definition) is 2. The fraction of sp³-hybridized carbons (Fsp3) is 0.889. The van der Waals surface area contributed by atoms with E-state index < -0.39 is 24.8 Å². The van der Waals surface area contributed by atoms with Gasteiger partial charge in [-0.1, -0.05) is 0 Å². The minimum absolute atomic E-state index is 0.115. The number of nitrogens with one attached hydrogen (secondary N) is 2. The summed E-state index contributed by atoms with van der Waals surface area (Å²) in [6.45, 7) is -0.775. The summed E-state index contributed by atoms with van der Waals surface area (Å²) in [5.74, 6) is -4.29. The quantitative estimate of drug-likeness (QED) is 0.654.